The minimum absolute atomic E-state index is 0.210. The van der Waals surface area contributed by atoms with E-state index >= 15 is 0 Å². The van der Waals surface area contributed by atoms with Crippen LogP contribution in [0.15, 0.2) is 60.7 Å². The summed E-state index contributed by atoms with van der Waals surface area (Å²) in [5.41, 5.74) is 5.99. The normalized spacial score (nSPS) is 11.8. The number of esters is 1. The van der Waals surface area contributed by atoms with Crippen molar-refractivity contribution in [3.05, 3.63) is 83.3 Å². The van der Waals surface area contributed by atoms with Crippen molar-refractivity contribution in [2.45, 2.75) is 84.2 Å². The lowest BCUT2D eigenvalue weighted by Gasteiger charge is -2.25. The van der Waals surface area contributed by atoms with E-state index < -0.39 is 5.60 Å². The Hall–Kier alpha value is -4.31. The van der Waals surface area contributed by atoms with Crippen LogP contribution in [-0.2, 0) is 34.8 Å². The average molecular weight is 760 g/mol. The molecule has 2 aromatic heterocycles. The minimum atomic E-state index is -0.592. The maximum Gasteiger partial charge on any atom is 0.410 e. The molecule has 272 valence electrons. The number of carbonyl (C=O) groups is 2. The lowest BCUT2D eigenvalue weighted by atomic mass is 9.95. The number of aryl methyl sites for hydroxylation is 3. The summed E-state index contributed by atoms with van der Waals surface area (Å²) >= 11 is 3.70. The van der Waals surface area contributed by atoms with Crippen molar-refractivity contribution in [3.8, 4) is 16.9 Å². The number of halogens is 1. The number of benzene rings is 3. The van der Waals surface area contributed by atoms with Crippen LogP contribution in [0, 0.1) is 0 Å². The molecule has 51 heavy (non-hydrogen) atoms. The van der Waals surface area contributed by atoms with E-state index in [0.717, 1.165) is 55.5 Å². The second-order valence-corrected chi connectivity index (χ2v) is 14.8. The zero-order valence-electron chi connectivity index (χ0n) is 31.2. The van der Waals surface area contributed by atoms with Crippen molar-refractivity contribution < 1.29 is 23.8 Å². The van der Waals surface area contributed by atoms with Gasteiger partial charge in [-0.25, -0.2) is 9.59 Å². The van der Waals surface area contributed by atoms with Gasteiger partial charge in [-0.3, -0.25) is 4.68 Å². The maximum absolute atomic E-state index is 14.0. The molecule has 3 aromatic carbocycles. The average Bonchev–Trinajstić information content (AvgIpc) is 3.60. The lowest BCUT2D eigenvalue weighted by Crippen LogP contribution is -2.35. The van der Waals surface area contributed by atoms with E-state index in [4.69, 9.17) is 19.3 Å². The van der Waals surface area contributed by atoms with Gasteiger partial charge in [0.1, 0.15) is 17.0 Å². The first-order chi connectivity index (χ1) is 24.4. The second kappa shape index (κ2) is 16.4. The van der Waals surface area contributed by atoms with Gasteiger partial charge in [-0.05, 0) is 69.9 Å². The first-order valence-corrected chi connectivity index (χ1v) is 19.0. The highest BCUT2D eigenvalue weighted by molar-refractivity contribution is 9.08. The van der Waals surface area contributed by atoms with E-state index in [0.29, 0.717) is 50.0 Å². The van der Waals surface area contributed by atoms with Crippen LogP contribution in [0.1, 0.15) is 87.7 Å². The topological polar surface area (TPSA) is 87.8 Å². The van der Waals surface area contributed by atoms with Gasteiger partial charge in [-0.1, -0.05) is 84.4 Å². The molecule has 0 unspecified atom stereocenters. The minimum Gasteiger partial charge on any atom is -0.493 e. The van der Waals surface area contributed by atoms with Gasteiger partial charge in [0.25, 0.3) is 0 Å². The quantitative estimate of drug-likeness (QED) is 0.0637. The summed E-state index contributed by atoms with van der Waals surface area (Å²) in [5, 5.41) is 8.69. The van der Waals surface area contributed by atoms with Gasteiger partial charge in [0.05, 0.1) is 24.4 Å². The van der Waals surface area contributed by atoms with E-state index in [-0.39, 0.29) is 24.6 Å². The fraction of sp³-hybridized carbons (Fsp3) is 0.439. The molecule has 0 fully saturated rings. The van der Waals surface area contributed by atoms with Gasteiger partial charge >= 0.3 is 12.1 Å². The molecule has 0 saturated heterocycles. The third kappa shape index (κ3) is 8.43. The summed E-state index contributed by atoms with van der Waals surface area (Å²) in [6.45, 7) is 13.4. The molecule has 0 aliphatic heterocycles. The van der Waals surface area contributed by atoms with Crippen molar-refractivity contribution in [1.82, 2.24) is 19.2 Å². The number of rotatable bonds is 14. The van der Waals surface area contributed by atoms with Crippen molar-refractivity contribution >= 4 is 49.7 Å². The molecule has 0 N–H and O–H groups in total. The molecule has 0 spiro atoms. The molecular weight excluding hydrogens is 708 g/mol. The van der Waals surface area contributed by atoms with E-state index in [2.05, 4.69) is 70.7 Å². The number of hydrogen-bond donors (Lipinski definition) is 0. The third-order valence-corrected chi connectivity index (χ3v) is 9.45. The van der Waals surface area contributed by atoms with E-state index in [1.165, 1.54) is 0 Å². The largest absolute Gasteiger partial charge is 0.493 e. The van der Waals surface area contributed by atoms with Gasteiger partial charge in [0, 0.05) is 60.1 Å². The Labute approximate surface area is 310 Å². The maximum atomic E-state index is 14.0. The highest BCUT2D eigenvalue weighted by atomic mass is 79.9. The van der Waals surface area contributed by atoms with Gasteiger partial charge in [0.15, 0.2) is 0 Å². The number of amides is 1. The monoisotopic (exact) mass is 758 g/mol. The number of carbonyl (C=O) groups excluding carboxylic acids is 2. The van der Waals surface area contributed by atoms with Crippen molar-refractivity contribution in [1.29, 1.82) is 0 Å². The number of nitrogens with zero attached hydrogens (tertiary/aromatic N) is 4. The molecule has 5 aromatic rings. The van der Waals surface area contributed by atoms with Crippen LogP contribution in [-0.4, -0.2) is 63.7 Å². The first-order valence-electron chi connectivity index (χ1n) is 17.8. The number of fused-ring (bicyclic) bond motifs is 2. The Morgan fingerprint density at radius 2 is 1.69 bits per heavy atom. The Morgan fingerprint density at radius 3 is 2.39 bits per heavy atom. The van der Waals surface area contributed by atoms with E-state index in [9.17, 15) is 9.59 Å². The summed E-state index contributed by atoms with van der Waals surface area (Å²) in [4.78, 5) is 28.4. The van der Waals surface area contributed by atoms with Crippen LogP contribution in [0.25, 0.3) is 32.8 Å². The smallest absolute Gasteiger partial charge is 0.410 e. The van der Waals surface area contributed by atoms with Crippen molar-refractivity contribution in [3.63, 3.8) is 0 Å². The van der Waals surface area contributed by atoms with E-state index in [1.54, 1.807) is 11.9 Å². The van der Waals surface area contributed by atoms with E-state index in [1.807, 2.05) is 63.7 Å². The number of alkyl halides is 1. The molecule has 0 bridgehead atoms. The van der Waals surface area contributed by atoms with Crippen LogP contribution < -0.4 is 4.74 Å². The molecule has 0 aliphatic carbocycles. The van der Waals surface area contributed by atoms with Gasteiger partial charge < -0.3 is 23.7 Å². The van der Waals surface area contributed by atoms with Crippen LogP contribution in [0.5, 0.6) is 5.75 Å². The predicted octanol–water partition coefficient (Wildman–Crippen LogP) is 9.66. The van der Waals surface area contributed by atoms with Crippen molar-refractivity contribution in [2.75, 3.05) is 26.8 Å². The molecule has 10 heteroatoms. The summed E-state index contributed by atoms with van der Waals surface area (Å²) in [7, 11) is 3.73. The summed E-state index contributed by atoms with van der Waals surface area (Å²) in [5.74, 6) is 0.695. The molecule has 9 nitrogen and oxygen atoms in total. The van der Waals surface area contributed by atoms with Crippen LogP contribution >= 0.6 is 15.9 Å². The molecule has 1 amide bonds. The van der Waals surface area contributed by atoms with Crippen LogP contribution in [0.4, 0.5) is 4.79 Å². The van der Waals surface area contributed by atoms with Crippen LogP contribution in [0.2, 0.25) is 0 Å². The zero-order valence-corrected chi connectivity index (χ0v) is 32.8. The zero-order chi connectivity index (χ0) is 36.9. The van der Waals surface area contributed by atoms with Crippen molar-refractivity contribution in [2.24, 2.45) is 7.05 Å². The molecular formula is C41H51BrN4O5. The lowest BCUT2D eigenvalue weighted by molar-refractivity contribution is 0.0294. The first kappa shape index (κ1) is 37.9. The SMILES string of the molecule is CCOC(=O)c1c(CCCOc2cccc3ccccc23)c2cccc(-c3c(CBr)nn(C)c3C(C)C)c2n1CCCN(C)C(=O)OC(C)(C)C. The second-order valence-electron chi connectivity index (χ2n) is 14.2. The molecule has 0 aliphatic rings. The highest BCUT2D eigenvalue weighted by Gasteiger charge is 2.29. The Bertz CT molecular complexity index is 2000. The Kier molecular flexibility index (Phi) is 12.2. The van der Waals surface area contributed by atoms with Gasteiger partial charge in [0.2, 0.25) is 0 Å². The number of para-hydroxylation sites is 1. The third-order valence-electron chi connectivity index (χ3n) is 8.92. The number of aromatic nitrogens is 3. The fourth-order valence-corrected chi connectivity index (χ4v) is 7.28. The van der Waals surface area contributed by atoms with Gasteiger partial charge in [-0.15, -0.1) is 0 Å². The predicted molar refractivity (Wildman–Crippen MR) is 208 cm³/mol. The summed E-state index contributed by atoms with van der Waals surface area (Å²) in [6.07, 6.45) is 1.52. The molecule has 0 atom stereocenters. The molecule has 0 radical (unpaired) electrons. The molecule has 2 heterocycles. The summed E-state index contributed by atoms with van der Waals surface area (Å²) < 4.78 is 21.8. The molecule has 0 saturated carbocycles. The summed E-state index contributed by atoms with van der Waals surface area (Å²) in [6, 6.07) is 20.6. The van der Waals surface area contributed by atoms with Gasteiger partial charge in [-0.2, -0.15) is 5.10 Å². The standard InChI is InChI=1S/C41H51BrN4O5/c1-9-49-39(47)38-31(21-14-25-50-34-22-12-17-28-16-10-11-18-29(28)34)30-19-13-20-32(35-33(26-42)43-45(8)36(35)27(2)3)37(30)46(38)24-15-23-44(7)40(48)51-41(4,5)6/h10-13,16-20,22,27H,9,14-15,21,23-26H2,1-8H3. The molecule has 5 rings (SSSR count). The Balaban J connectivity index is 1.58. The number of hydrogen-bond acceptors (Lipinski definition) is 6. The highest BCUT2D eigenvalue weighted by Crippen LogP contribution is 2.41. The number of ether oxygens (including phenoxy) is 3. The van der Waals surface area contributed by atoms with Crippen LogP contribution in [0.3, 0.4) is 0 Å². The fourth-order valence-electron chi connectivity index (χ4n) is 6.89. The Morgan fingerprint density at radius 1 is 0.980 bits per heavy atom.